The summed E-state index contributed by atoms with van der Waals surface area (Å²) >= 11 is 0. The minimum absolute atomic E-state index is 0.0810. The minimum Gasteiger partial charge on any atom is -0.491 e. The van der Waals surface area contributed by atoms with Crippen molar-refractivity contribution in [3.8, 4) is 5.75 Å². The second-order valence-electron chi connectivity index (χ2n) is 5.33. The Labute approximate surface area is 129 Å². The summed E-state index contributed by atoms with van der Waals surface area (Å²) < 4.78 is 5.76. The molecule has 0 N–H and O–H groups in total. The number of fused-ring (bicyclic) bond motifs is 1. The van der Waals surface area contributed by atoms with E-state index in [1.807, 2.05) is 19.9 Å². The Bertz CT molecular complexity index is 704. The van der Waals surface area contributed by atoms with Gasteiger partial charge in [0.1, 0.15) is 5.75 Å². The van der Waals surface area contributed by atoms with Crippen LogP contribution < -0.4 is 9.64 Å². The molecule has 2 aromatic carbocycles. The maximum absolute atomic E-state index is 12.5. The van der Waals surface area contributed by atoms with Gasteiger partial charge < -0.3 is 4.74 Å². The van der Waals surface area contributed by atoms with E-state index >= 15 is 0 Å². The van der Waals surface area contributed by atoms with Gasteiger partial charge in [-0.3, -0.25) is 9.59 Å². The summed E-state index contributed by atoms with van der Waals surface area (Å²) in [6.45, 7) is 4.02. The third kappa shape index (κ3) is 2.37. The van der Waals surface area contributed by atoms with Gasteiger partial charge in [-0.05, 0) is 37.6 Å². The highest BCUT2D eigenvalue weighted by atomic mass is 16.5. The average molecular weight is 295 g/mol. The molecular formula is C18H17NO3. The van der Waals surface area contributed by atoms with Gasteiger partial charge in [0.25, 0.3) is 11.8 Å². The van der Waals surface area contributed by atoms with E-state index in [9.17, 15) is 9.59 Å². The van der Waals surface area contributed by atoms with Gasteiger partial charge in [0.2, 0.25) is 0 Å². The molecule has 1 aliphatic rings. The van der Waals surface area contributed by atoms with Crippen LogP contribution in [-0.2, 0) is 0 Å². The fourth-order valence-corrected chi connectivity index (χ4v) is 2.44. The van der Waals surface area contributed by atoms with Crippen molar-refractivity contribution in [2.75, 3.05) is 4.90 Å². The van der Waals surface area contributed by atoms with Gasteiger partial charge in [-0.25, -0.2) is 4.90 Å². The molecule has 22 heavy (non-hydrogen) atoms. The Balaban J connectivity index is 1.94. The third-order valence-electron chi connectivity index (χ3n) is 3.78. The Morgan fingerprint density at radius 2 is 1.64 bits per heavy atom. The summed E-state index contributed by atoms with van der Waals surface area (Å²) in [5.74, 6) is 0.0750. The van der Waals surface area contributed by atoms with Gasteiger partial charge in [-0.15, -0.1) is 0 Å². The Hall–Kier alpha value is -2.62. The molecule has 0 saturated heterocycles. The zero-order valence-corrected chi connectivity index (χ0v) is 12.6. The molecule has 1 aliphatic heterocycles. The van der Waals surface area contributed by atoms with Gasteiger partial charge in [0.05, 0.1) is 22.9 Å². The van der Waals surface area contributed by atoms with Gasteiger partial charge in [0, 0.05) is 6.07 Å². The predicted octanol–water partition coefficient (Wildman–Crippen LogP) is 3.66. The van der Waals surface area contributed by atoms with Crippen LogP contribution in [0.25, 0.3) is 0 Å². The molecule has 0 saturated carbocycles. The van der Waals surface area contributed by atoms with E-state index in [1.54, 1.807) is 42.5 Å². The van der Waals surface area contributed by atoms with Gasteiger partial charge in [0.15, 0.2) is 0 Å². The molecule has 0 aromatic heterocycles. The smallest absolute Gasteiger partial charge is 0.266 e. The van der Waals surface area contributed by atoms with Crippen LogP contribution in [0.4, 0.5) is 5.69 Å². The molecule has 4 nitrogen and oxygen atoms in total. The molecule has 1 heterocycles. The third-order valence-corrected chi connectivity index (χ3v) is 3.78. The molecule has 3 rings (SSSR count). The van der Waals surface area contributed by atoms with Gasteiger partial charge in [-0.2, -0.15) is 0 Å². The van der Waals surface area contributed by atoms with Crippen molar-refractivity contribution in [2.45, 2.75) is 26.4 Å². The zero-order chi connectivity index (χ0) is 15.7. The van der Waals surface area contributed by atoms with E-state index in [4.69, 9.17) is 4.74 Å². The van der Waals surface area contributed by atoms with Gasteiger partial charge in [-0.1, -0.05) is 25.1 Å². The molecule has 0 bridgehead atoms. The van der Waals surface area contributed by atoms with Crippen LogP contribution in [0.1, 0.15) is 41.0 Å². The maximum Gasteiger partial charge on any atom is 0.266 e. The molecule has 112 valence electrons. The molecule has 0 spiro atoms. The van der Waals surface area contributed by atoms with E-state index in [0.717, 1.165) is 6.42 Å². The standard InChI is InChI=1S/C18H17NO3/c1-3-12(2)22-14-8-6-7-13(11-14)19-17(20)15-9-4-5-10-16(15)18(19)21/h4-12H,3H2,1-2H3. The number of rotatable bonds is 4. The van der Waals surface area contributed by atoms with Crippen LogP contribution in [0.15, 0.2) is 48.5 Å². The van der Waals surface area contributed by atoms with Crippen molar-refractivity contribution in [3.63, 3.8) is 0 Å². The van der Waals surface area contributed by atoms with E-state index in [0.29, 0.717) is 22.6 Å². The van der Waals surface area contributed by atoms with Crippen LogP contribution in [0, 0.1) is 0 Å². The second-order valence-corrected chi connectivity index (χ2v) is 5.33. The lowest BCUT2D eigenvalue weighted by Crippen LogP contribution is -2.29. The highest BCUT2D eigenvalue weighted by Crippen LogP contribution is 2.30. The number of anilines is 1. The lowest BCUT2D eigenvalue weighted by atomic mass is 10.1. The first-order valence-electron chi connectivity index (χ1n) is 7.36. The molecule has 2 aromatic rings. The second kappa shape index (κ2) is 5.64. The number of benzene rings is 2. The van der Waals surface area contributed by atoms with Crippen LogP contribution in [0.2, 0.25) is 0 Å². The Morgan fingerprint density at radius 1 is 1.00 bits per heavy atom. The number of carbonyl (C=O) groups excluding carboxylic acids is 2. The number of ether oxygens (including phenoxy) is 1. The summed E-state index contributed by atoms with van der Waals surface area (Å²) in [5, 5.41) is 0. The number of amides is 2. The van der Waals surface area contributed by atoms with Gasteiger partial charge >= 0.3 is 0 Å². The Kier molecular flexibility index (Phi) is 3.67. The lowest BCUT2D eigenvalue weighted by molar-refractivity contribution is 0.0926. The zero-order valence-electron chi connectivity index (χ0n) is 12.6. The van der Waals surface area contributed by atoms with Crippen molar-refractivity contribution in [1.82, 2.24) is 0 Å². The molecule has 4 heteroatoms. The summed E-state index contributed by atoms with van der Waals surface area (Å²) in [7, 11) is 0. The fraction of sp³-hybridized carbons (Fsp3) is 0.222. The highest BCUT2D eigenvalue weighted by molar-refractivity contribution is 6.34. The molecule has 0 aliphatic carbocycles. The lowest BCUT2D eigenvalue weighted by Gasteiger charge is -2.17. The van der Waals surface area contributed by atoms with Crippen molar-refractivity contribution in [3.05, 3.63) is 59.7 Å². The molecule has 0 fully saturated rings. The van der Waals surface area contributed by atoms with E-state index < -0.39 is 0 Å². The molecule has 1 atom stereocenters. The largest absolute Gasteiger partial charge is 0.491 e. The molecule has 2 amide bonds. The van der Waals surface area contributed by atoms with Crippen molar-refractivity contribution < 1.29 is 14.3 Å². The Morgan fingerprint density at radius 3 is 2.23 bits per heavy atom. The van der Waals surface area contributed by atoms with E-state index in [-0.39, 0.29) is 17.9 Å². The van der Waals surface area contributed by atoms with Crippen LogP contribution in [-0.4, -0.2) is 17.9 Å². The number of carbonyl (C=O) groups is 2. The van der Waals surface area contributed by atoms with E-state index in [1.165, 1.54) is 4.90 Å². The quantitative estimate of drug-likeness (QED) is 0.809. The van der Waals surface area contributed by atoms with E-state index in [2.05, 4.69) is 0 Å². The van der Waals surface area contributed by atoms with Crippen LogP contribution in [0.3, 0.4) is 0 Å². The summed E-state index contributed by atoms with van der Waals surface area (Å²) in [4.78, 5) is 26.1. The molecular weight excluding hydrogens is 278 g/mol. The monoisotopic (exact) mass is 295 g/mol. The SMILES string of the molecule is CCC(C)Oc1cccc(N2C(=O)c3ccccc3C2=O)c1. The summed E-state index contributed by atoms with van der Waals surface area (Å²) in [6.07, 6.45) is 0.967. The average Bonchev–Trinajstić information content (AvgIpc) is 2.79. The minimum atomic E-state index is -0.290. The highest BCUT2D eigenvalue weighted by Gasteiger charge is 2.36. The first kappa shape index (κ1) is 14.3. The first-order chi connectivity index (χ1) is 10.6. The van der Waals surface area contributed by atoms with Crippen LogP contribution >= 0.6 is 0 Å². The number of hydrogen-bond acceptors (Lipinski definition) is 3. The van der Waals surface area contributed by atoms with Crippen molar-refractivity contribution in [1.29, 1.82) is 0 Å². The predicted molar refractivity (Wildman–Crippen MR) is 84.4 cm³/mol. The first-order valence-corrected chi connectivity index (χ1v) is 7.36. The number of imide groups is 1. The maximum atomic E-state index is 12.5. The summed E-state index contributed by atoms with van der Waals surface area (Å²) in [6, 6.07) is 14.0. The van der Waals surface area contributed by atoms with Crippen molar-refractivity contribution in [2.24, 2.45) is 0 Å². The number of hydrogen-bond donors (Lipinski definition) is 0. The summed E-state index contributed by atoms with van der Waals surface area (Å²) in [5.41, 5.74) is 1.42. The normalized spacial score (nSPS) is 14.9. The fourth-order valence-electron chi connectivity index (χ4n) is 2.44. The topological polar surface area (TPSA) is 46.6 Å². The number of nitrogens with zero attached hydrogens (tertiary/aromatic N) is 1. The molecule has 1 unspecified atom stereocenters. The molecule has 0 radical (unpaired) electrons. The van der Waals surface area contributed by atoms with Crippen LogP contribution in [0.5, 0.6) is 5.75 Å². The van der Waals surface area contributed by atoms with Crippen molar-refractivity contribution >= 4 is 17.5 Å².